The molecule has 1 fully saturated rings. The molecule has 31 heavy (non-hydrogen) atoms. The molecule has 0 saturated carbocycles. The second-order valence-corrected chi connectivity index (χ2v) is 17.9. The molecular weight excluding hydrogens is 430 g/mol. The van der Waals surface area contributed by atoms with Gasteiger partial charge in [0.15, 0.2) is 22.9 Å². The van der Waals surface area contributed by atoms with Gasteiger partial charge >= 0.3 is 5.69 Å². The summed E-state index contributed by atoms with van der Waals surface area (Å²) in [5, 5.41) is 10.2. The molecule has 1 aromatic heterocycles. The standard InChI is InChI=1S/C21H41N3O5Si2/c1-7-30(8-2,9-3)28-18-16(15-25)27-20(24-14-13-17(22)23-21(24)26)19(18)29-31(10-4,11-5)12-6/h13-14,16,18-20,25H,7-12,15H2,1-6H3,(H2,22,23,26). The largest absolute Gasteiger partial charge is 0.408 e. The van der Waals surface area contributed by atoms with Gasteiger partial charge in [-0.25, -0.2) is 4.79 Å². The van der Waals surface area contributed by atoms with E-state index in [0.29, 0.717) is 0 Å². The van der Waals surface area contributed by atoms with Crippen molar-refractivity contribution in [3.8, 4) is 0 Å². The molecule has 1 aromatic rings. The van der Waals surface area contributed by atoms with Crippen LogP contribution in [0.1, 0.15) is 47.8 Å². The molecular formula is C21H41N3O5Si2. The Labute approximate surface area is 188 Å². The van der Waals surface area contributed by atoms with Gasteiger partial charge in [-0.05, 0) is 42.3 Å². The average molecular weight is 472 g/mol. The predicted octanol–water partition coefficient (Wildman–Crippen LogP) is 3.50. The monoisotopic (exact) mass is 471 g/mol. The van der Waals surface area contributed by atoms with E-state index in [4.69, 9.17) is 19.3 Å². The first kappa shape index (κ1) is 26.2. The van der Waals surface area contributed by atoms with Gasteiger partial charge in [-0.2, -0.15) is 4.98 Å². The van der Waals surface area contributed by atoms with E-state index in [-0.39, 0.29) is 12.4 Å². The van der Waals surface area contributed by atoms with Gasteiger partial charge in [0.25, 0.3) is 0 Å². The minimum absolute atomic E-state index is 0.164. The third kappa shape index (κ3) is 5.48. The second-order valence-electron chi connectivity index (χ2n) is 8.44. The molecule has 0 aliphatic carbocycles. The van der Waals surface area contributed by atoms with Gasteiger partial charge in [0, 0.05) is 6.20 Å². The van der Waals surface area contributed by atoms with E-state index < -0.39 is 46.9 Å². The van der Waals surface area contributed by atoms with Crippen molar-refractivity contribution < 1.29 is 18.7 Å². The van der Waals surface area contributed by atoms with Crippen LogP contribution in [0.5, 0.6) is 0 Å². The zero-order valence-corrected chi connectivity index (χ0v) is 22.0. The summed E-state index contributed by atoms with van der Waals surface area (Å²) in [5.74, 6) is 0.164. The van der Waals surface area contributed by atoms with Crippen LogP contribution in [0.25, 0.3) is 0 Å². The molecule has 0 radical (unpaired) electrons. The van der Waals surface area contributed by atoms with E-state index >= 15 is 0 Å². The first-order valence-electron chi connectivity index (χ1n) is 11.7. The summed E-state index contributed by atoms with van der Waals surface area (Å²) >= 11 is 0. The molecule has 10 heteroatoms. The van der Waals surface area contributed by atoms with Crippen LogP contribution in [0, 0.1) is 0 Å². The van der Waals surface area contributed by atoms with Gasteiger partial charge in [-0.15, -0.1) is 0 Å². The number of nitrogens with zero attached hydrogens (tertiary/aromatic N) is 2. The fourth-order valence-corrected chi connectivity index (χ4v) is 10.2. The smallest absolute Gasteiger partial charge is 0.351 e. The molecule has 2 rings (SSSR count). The second kappa shape index (κ2) is 11.2. The highest BCUT2D eigenvalue weighted by atomic mass is 28.4. The van der Waals surface area contributed by atoms with Gasteiger partial charge in [-0.3, -0.25) is 4.57 Å². The van der Waals surface area contributed by atoms with E-state index in [2.05, 4.69) is 46.5 Å². The van der Waals surface area contributed by atoms with E-state index in [9.17, 15) is 9.90 Å². The van der Waals surface area contributed by atoms with Crippen molar-refractivity contribution in [2.75, 3.05) is 12.3 Å². The molecule has 4 atom stereocenters. The summed E-state index contributed by atoms with van der Waals surface area (Å²) in [7, 11) is -4.08. The number of aromatic nitrogens is 2. The van der Waals surface area contributed by atoms with Gasteiger partial charge in [-0.1, -0.05) is 41.5 Å². The lowest BCUT2D eigenvalue weighted by Gasteiger charge is -2.39. The first-order chi connectivity index (χ1) is 14.8. The Balaban J connectivity index is 2.55. The lowest BCUT2D eigenvalue weighted by molar-refractivity contribution is -0.0526. The van der Waals surface area contributed by atoms with Crippen molar-refractivity contribution in [1.82, 2.24) is 9.55 Å². The molecule has 0 bridgehead atoms. The molecule has 1 aliphatic heterocycles. The summed E-state index contributed by atoms with van der Waals surface area (Å²) < 4.78 is 21.4. The third-order valence-electron chi connectivity index (χ3n) is 7.23. The average Bonchev–Trinajstić information content (AvgIpc) is 3.12. The van der Waals surface area contributed by atoms with Crippen LogP contribution in [-0.2, 0) is 13.6 Å². The van der Waals surface area contributed by atoms with Crippen LogP contribution in [0.2, 0.25) is 36.3 Å². The maximum absolute atomic E-state index is 12.7. The summed E-state index contributed by atoms with van der Waals surface area (Å²) in [6.07, 6.45) is -0.588. The van der Waals surface area contributed by atoms with Crippen molar-refractivity contribution in [3.63, 3.8) is 0 Å². The zero-order chi connectivity index (χ0) is 23.2. The van der Waals surface area contributed by atoms with E-state index in [1.54, 1.807) is 12.3 Å². The molecule has 0 amide bonds. The molecule has 4 unspecified atom stereocenters. The molecule has 1 saturated heterocycles. The number of rotatable bonds is 12. The number of anilines is 1. The van der Waals surface area contributed by atoms with Crippen molar-refractivity contribution in [3.05, 3.63) is 22.7 Å². The normalized spacial score (nSPS) is 24.6. The van der Waals surface area contributed by atoms with Crippen LogP contribution in [0.4, 0.5) is 5.82 Å². The van der Waals surface area contributed by atoms with Crippen molar-refractivity contribution in [2.45, 2.75) is 102 Å². The van der Waals surface area contributed by atoms with E-state index in [1.165, 1.54) is 4.57 Å². The van der Waals surface area contributed by atoms with Crippen molar-refractivity contribution in [2.24, 2.45) is 0 Å². The highest BCUT2D eigenvalue weighted by Gasteiger charge is 2.52. The lowest BCUT2D eigenvalue weighted by atomic mass is 10.1. The Kier molecular flexibility index (Phi) is 9.47. The topological polar surface area (TPSA) is 109 Å². The highest BCUT2D eigenvalue weighted by Crippen LogP contribution is 2.39. The number of hydrogen-bond acceptors (Lipinski definition) is 7. The molecule has 178 valence electrons. The number of hydrogen-bond donors (Lipinski definition) is 2. The van der Waals surface area contributed by atoms with Crippen LogP contribution in [-0.4, -0.2) is 56.2 Å². The Hall–Kier alpha value is -1.05. The summed E-state index contributed by atoms with van der Waals surface area (Å²) in [6.45, 7) is 12.8. The predicted molar refractivity (Wildman–Crippen MR) is 128 cm³/mol. The first-order valence-corrected chi connectivity index (χ1v) is 16.8. The van der Waals surface area contributed by atoms with Gasteiger partial charge in [0.2, 0.25) is 0 Å². The minimum Gasteiger partial charge on any atom is -0.408 e. The Morgan fingerprint density at radius 3 is 1.90 bits per heavy atom. The highest BCUT2D eigenvalue weighted by molar-refractivity contribution is 6.74. The number of nitrogen functional groups attached to an aromatic ring is 1. The molecule has 0 aromatic carbocycles. The van der Waals surface area contributed by atoms with E-state index in [0.717, 1.165) is 36.3 Å². The SMILES string of the molecule is CC[Si](CC)(CC)OC1C(CO)OC(n2ccc(N)nc2=O)C1O[Si](CC)(CC)CC. The summed E-state index contributed by atoms with van der Waals surface area (Å²) in [6, 6.07) is 7.41. The zero-order valence-electron chi connectivity index (χ0n) is 20.0. The van der Waals surface area contributed by atoms with Gasteiger partial charge < -0.3 is 24.4 Å². The van der Waals surface area contributed by atoms with Crippen LogP contribution < -0.4 is 11.4 Å². The summed E-state index contributed by atoms with van der Waals surface area (Å²) in [5.41, 5.74) is 5.21. The Morgan fingerprint density at radius 1 is 1.00 bits per heavy atom. The van der Waals surface area contributed by atoms with Crippen molar-refractivity contribution in [1.29, 1.82) is 0 Å². The van der Waals surface area contributed by atoms with Crippen LogP contribution >= 0.6 is 0 Å². The molecule has 8 nitrogen and oxygen atoms in total. The third-order valence-corrected chi connectivity index (χ3v) is 16.5. The number of aliphatic hydroxyl groups is 1. The fraction of sp³-hybridized carbons (Fsp3) is 0.810. The lowest BCUT2D eigenvalue weighted by Crippen LogP contribution is -2.52. The van der Waals surface area contributed by atoms with Crippen LogP contribution in [0.3, 0.4) is 0 Å². The molecule has 2 heterocycles. The minimum atomic E-state index is -2.06. The molecule has 0 spiro atoms. The fourth-order valence-electron chi connectivity index (χ4n) is 4.54. The molecule has 3 N–H and O–H groups in total. The maximum atomic E-state index is 12.7. The van der Waals surface area contributed by atoms with E-state index in [1.807, 2.05) is 0 Å². The quantitative estimate of drug-likeness (QED) is 0.449. The van der Waals surface area contributed by atoms with Crippen LogP contribution in [0.15, 0.2) is 17.1 Å². The van der Waals surface area contributed by atoms with Gasteiger partial charge in [0.1, 0.15) is 24.1 Å². The molecule has 1 aliphatic rings. The Morgan fingerprint density at radius 2 is 1.48 bits per heavy atom. The van der Waals surface area contributed by atoms with Gasteiger partial charge in [0.05, 0.1) is 6.61 Å². The summed E-state index contributed by atoms with van der Waals surface area (Å²) in [4.78, 5) is 16.5. The van der Waals surface area contributed by atoms with Crippen molar-refractivity contribution >= 4 is 22.5 Å². The number of ether oxygens (including phenoxy) is 1. The maximum Gasteiger partial charge on any atom is 0.351 e. The number of nitrogens with two attached hydrogens (primary N) is 1. The number of aliphatic hydroxyl groups excluding tert-OH is 1. The Bertz CT molecular complexity index is 738.